The minimum Gasteiger partial charge on any atom is -0.382 e. The summed E-state index contributed by atoms with van der Waals surface area (Å²) in [5.74, 6) is 0. The van der Waals surface area contributed by atoms with Crippen molar-refractivity contribution in [1.29, 1.82) is 0 Å². The fourth-order valence-corrected chi connectivity index (χ4v) is 2.97. The molecule has 2 heterocycles. The minimum absolute atomic E-state index is 0.577. The molecule has 0 radical (unpaired) electrons. The van der Waals surface area contributed by atoms with E-state index in [1.54, 1.807) is 16.7 Å². The van der Waals surface area contributed by atoms with E-state index < -0.39 is 0 Å². The SMILES string of the molecule is CC/C1=C2/CCC/C(=C(\C)CC1)NC2C. The second-order valence-corrected chi connectivity index (χ2v) is 4.96. The lowest BCUT2D eigenvalue weighted by Gasteiger charge is -2.24. The molecule has 2 aliphatic rings. The molecule has 2 rings (SSSR count). The van der Waals surface area contributed by atoms with E-state index in [2.05, 4.69) is 26.1 Å². The lowest BCUT2D eigenvalue weighted by Crippen LogP contribution is -2.28. The summed E-state index contributed by atoms with van der Waals surface area (Å²) in [5.41, 5.74) is 6.55. The van der Waals surface area contributed by atoms with E-state index >= 15 is 0 Å². The van der Waals surface area contributed by atoms with E-state index in [4.69, 9.17) is 0 Å². The largest absolute Gasteiger partial charge is 0.382 e. The number of hydrogen-bond donors (Lipinski definition) is 1. The van der Waals surface area contributed by atoms with Crippen molar-refractivity contribution in [2.24, 2.45) is 0 Å². The molecule has 1 N–H and O–H groups in total. The van der Waals surface area contributed by atoms with Gasteiger partial charge in [0.1, 0.15) is 0 Å². The van der Waals surface area contributed by atoms with Gasteiger partial charge in [0, 0.05) is 11.7 Å². The molecule has 1 atom stereocenters. The van der Waals surface area contributed by atoms with Crippen LogP contribution < -0.4 is 5.32 Å². The van der Waals surface area contributed by atoms with Gasteiger partial charge in [0.05, 0.1) is 0 Å². The van der Waals surface area contributed by atoms with E-state index in [1.165, 1.54) is 44.2 Å². The highest BCUT2D eigenvalue weighted by molar-refractivity contribution is 5.28. The van der Waals surface area contributed by atoms with Crippen molar-refractivity contribution in [2.45, 2.75) is 65.3 Å². The van der Waals surface area contributed by atoms with Gasteiger partial charge in [-0.25, -0.2) is 0 Å². The molecule has 1 saturated heterocycles. The van der Waals surface area contributed by atoms with Gasteiger partial charge in [-0.1, -0.05) is 18.1 Å². The number of nitrogens with one attached hydrogen (secondary N) is 1. The molecule has 0 saturated carbocycles. The van der Waals surface area contributed by atoms with Crippen LogP contribution in [0.4, 0.5) is 0 Å². The highest BCUT2D eigenvalue weighted by Gasteiger charge is 2.21. The first-order valence-electron chi connectivity index (χ1n) is 6.38. The van der Waals surface area contributed by atoms with Gasteiger partial charge < -0.3 is 5.32 Å². The van der Waals surface area contributed by atoms with Crippen LogP contribution >= 0.6 is 0 Å². The van der Waals surface area contributed by atoms with Gasteiger partial charge in [0.25, 0.3) is 0 Å². The Morgan fingerprint density at radius 2 is 2.00 bits per heavy atom. The summed E-state index contributed by atoms with van der Waals surface area (Å²) in [5, 5.41) is 3.72. The van der Waals surface area contributed by atoms with Crippen LogP contribution in [-0.4, -0.2) is 6.04 Å². The standard InChI is InChI=1S/C14H23N/c1-4-12-9-8-10(2)14-7-5-6-13(12)11(3)15-14/h11,15H,4-9H2,1-3H3/b13-12+,14-10-. The zero-order valence-electron chi connectivity index (χ0n) is 10.3. The smallest absolute Gasteiger partial charge is 0.0445 e. The van der Waals surface area contributed by atoms with Crippen molar-refractivity contribution in [3.8, 4) is 0 Å². The van der Waals surface area contributed by atoms with Gasteiger partial charge in [0.2, 0.25) is 0 Å². The van der Waals surface area contributed by atoms with Crippen LogP contribution in [0.5, 0.6) is 0 Å². The Balaban J connectivity index is 2.38. The molecule has 1 unspecified atom stereocenters. The van der Waals surface area contributed by atoms with E-state index in [0.717, 1.165) is 0 Å². The van der Waals surface area contributed by atoms with Crippen LogP contribution in [0, 0.1) is 0 Å². The van der Waals surface area contributed by atoms with Gasteiger partial charge in [-0.15, -0.1) is 0 Å². The number of hydrogen-bond acceptors (Lipinski definition) is 1. The molecule has 1 heteroatoms. The van der Waals surface area contributed by atoms with Gasteiger partial charge in [0.15, 0.2) is 0 Å². The summed E-state index contributed by atoms with van der Waals surface area (Å²) in [6, 6.07) is 0.577. The van der Waals surface area contributed by atoms with Crippen molar-refractivity contribution in [2.75, 3.05) is 0 Å². The summed E-state index contributed by atoms with van der Waals surface area (Å²) in [6.07, 6.45) is 7.71. The van der Waals surface area contributed by atoms with Crippen molar-refractivity contribution < 1.29 is 0 Å². The monoisotopic (exact) mass is 205 g/mol. The fourth-order valence-electron chi connectivity index (χ4n) is 2.97. The number of allylic oxidation sites excluding steroid dienone is 3. The summed E-state index contributed by atoms with van der Waals surface area (Å²) in [7, 11) is 0. The average Bonchev–Trinajstić information content (AvgIpc) is 2.37. The molecular formula is C14H23N. The minimum atomic E-state index is 0.577. The van der Waals surface area contributed by atoms with Crippen molar-refractivity contribution >= 4 is 0 Å². The highest BCUT2D eigenvalue weighted by Crippen LogP contribution is 2.32. The zero-order chi connectivity index (χ0) is 10.8. The van der Waals surface area contributed by atoms with Crippen LogP contribution in [0.1, 0.15) is 59.3 Å². The molecule has 1 fully saturated rings. The van der Waals surface area contributed by atoms with Gasteiger partial charge in [-0.2, -0.15) is 0 Å². The highest BCUT2D eigenvalue weighted by atomic mass is 14.9. The molecule has 0 aromatic rings. The molecule has 0 aliphatic carbocycles. The Labute approximate surface area is 93.6 Å². The second kappa shape index (κ2) is 4.42. The summed E-state index contributed by atoms with van der Waals surface area (Å²) >= 11 is 0. The van der Waals surface area contributed by atoms with Crippen LogP contribution in [0.15, 0.2) is 22.4 Å². The van der Waals surface area contributed by atoms with Crippen LogP contribution in [0.2, 0.25) is 0 Å². The first-order chi connectivity index (χ1) is 7.22. The van der Waals surface area contributed by atoms with Crippen molar-refractivity contribution in [1.82, 2.24) is 5.32 Å². The van der Waals surface area contributed by atoms with E-state index in [1.807, 2.05) is 0 Å². The number of rotatable bonds is 1. The molecule has 0 spiro atoms. The lowest BCUT2D eigenvalue weighted by molar-refractivity contribution is 0.645. The van der Waals surface area contributed by atoms with E-state index in [-0.39, 0.29) is 0 Å². The van der Waals surface area contributed by atoms with Crippen molar-refractivity contribution in [3.05, 3.63) is 22.4 Å². The maximum absolute atomic E-state index is 3.72. The Morgan fingerprint density at radius 1 is 1.20 bits per heavy atom. The maximum Gasteiger partial charge on any atom is 0.0445 e. The molecule has 15 heavy (non-hydrogen) atoms. The predicted octanol–water partition coefficient (Wildman–Crippen LogP) is 3.92. The average molecular weight is 205 g/mol. The van der Waals surface area contributed by atoms with Crippen LogP contribution in [0.25, 0.3) is 0 Å². The Hall–Kier alpha value is -0.720. The van der Waals surface area contributed by atoms with Crippen molar-refractivity contribution in [3.63, 3.8) is 0 Å². The third-order valence-corrected chi connectivity index (χ3v) is 3.98. The van der Waals surface area contributed by atoms with Gasteiger partial charge in [-0.05, 0) is 57.9 Å². The molecule has 2 bridgehead atoms. The molecule has 0 amide bonds. The third-order valence-electron chi connectivity index (χ3n) is 3.98. The Kier molecular flexibility index (Phi) is 3.18. The fraction of sp³-hybridized carbons (Fsp3) is 0.714. The lowest BCUT2D eigenvalue weighted by atomic mass is 9.92. The third kappa shape index (κ3) is 2.11. The normalized spacial score (nSPS) is 36.9. The quantitative estimate of drug-likeness (QED) is 0.640. The van der Waals surface area contributed by atoms with Gasteiger partial charge in [-0.3, -0.25) is 0 Å². The van der Waals surface area contributed by atoms with E-state index in [9.17, 15) is 0 Å². The second-order valence-electron chi connectivity index (χ2n) is 4.96. The molecule has 2 aliphatic heterocycles. The molecule has 1 nitrogen and oxygen atoms in total. The predicted molar refractivity (Wildman–Crippen MR) is 65.7 cm³/mol. The van der Waals surface area contributed by atoms with Gasteiger partial charge >= 0.3 is 0 Å². The number of fused-ring (bicyclic) bond motifs is 3. The first kappa shape index (κ1) is 10.8. The van der Waals surface area contributed by atoms with Crippen LogP contribution in [0.3, 0.4) is 0 Å². The van der Waals surface area contributed by atoms with Crippen LogP contribution in [-0.2, 0) is 0 Å². The van der Waals surface area contributed by atoms with E-state index in [0.29, 0.717) is 6.04 Å². The Morgan fingerprint density at radius 3 is 2.73 bits per heavy atom. The summed E-state index contributed by atoms with van der Waals surface area (Å²) < 4.78 is 0. The Bertz CT molecular complexity index is 309. The molecule has 84 valence electrons. The molecular weight excluding hydrogens is 182 g/mol. The topological polar surface area (TPSA) is 12.0 Å². The summed E-state index contributed by atoms with van der Waals surface area (Å²) in [4.78, 5) is 0. The molecule has 0 aromatic heterocycles. The first-order valence-corrected chi connectivity index (χ1v) is 6.38. The molecule has 0 aromatic carbocycles. The zero-order valence-corrected chi connectivity index (χ0v) is 10.3. The summed E-state index contributed by atoms with van der Waals surface area (Å²) in [6.45, 7) is 6.94. The maximum atomic E-state index is 3.72.